The third-order valence-corrected chi connectivity index (χ3v) is 4.83. The van der Waals surface area contributed by atoms with Crippen molar-refractivity contribution in [3.05, 3.63) is 36.4 Å². The van der Waals surface area contributed by atoms with Crippen LogP contribution in [0.4, 0.5) is 0 Å². The molecule has 1 fully saturated rings. The number of aryl methyl sites for hydroxylation is 1. The molecule has 0 amide bonds. The quantitative estimate of drug-likeness (QED) is 0.841. The first-order valence-corrected chi connectivity index (χ1v) is 10.0. The number of sulfonamides is 1. The third-order valence-electron chi connectivity index (χ3n) is 4.10. The first-order chi connectivity index (χ1) is 11.9. The Labute approximate surface area is 147 Å². The summed E-state index contributed by atoms with van der Waals surface area (Å²) in [5.41, 5.74) is 1.73. The SMILES string of the molecule is Cc1nc(-c2ccc(OC[C@H]3CCOC[C@@H]3NS(C)(=O)=O)cc2)co1. The summed E-state index contributed by atoms with van der Waals surface area (Å²) in [4.78, 5) is 4.29. The van der Waals surface area contributed by atoms with E-state index in [0.29, 0.717) is 25.7 Å². The Hall–Kier alpha value is -1.90. The molecule has 2 aromatic rings. The van der Waals surface area contributed by atoms with Crippen molar-refractivity contribution in [3.8, 4) is 17.0 Å². The largest absolute Gasteiger partial charge is 0.493 e. The summed E-state index contributed by atoms with van der Waals surface area (Å²) >= 11 is 0. The summed E-state index contributed by atoms with van der Waals surface area (Å²) in [5, 5.41) is 0. The van der Waals surface area contributed by atoms with Gasteiger partial charge in [0.2, 0.25) is 10.0 Å². The van der Waals surface area contributed by atoms with Gasteiger partial charge in [0.25, 0.3) is 0 Å². The van der Waals surface area contributed by atoms with E-state index in [1.807, 2.05) is 24.3 Å². The summed E-state index contributed by atoms with van der Waals surface area (Å²) in [7, 11) is -3.28. The highest BCUT2D eigenvalue weighted by atomic mass is 32.2. The lowest BCUT2D eigenvalue weighted by Gasteiger charge is -2.31. The molecule has 1 aromatic heterocycles. The van der Waals surface area contributed by atoms with Gasteiger partial charge in [0.05, 0.1) is 25.5 Å². The third kappa shape index (κ3) is 5.04. The fourth-order valence-corrected chi connectivity index (χ4v) is 3.62. The van der Waals surface area contributed by atoms with Crippen LogP contribution in [-0.4, -0.2) is 45.5 Å². The number of nitrogens with zero attached hydrogens (tertiary/aromatic N) is 1. The highest BCUT2D eigenvalue weighted by Gasteiger charge is 2.28. The van der Waals surface area contributed by atoms with Crippen LogP contribution < -0.4 is 9.46 Å². The molecule has 2 atom stereocenters. The summed E-state index contributed by atoms with van der Waals surface area (Å²) < 4.78 is 42.0. The normalized spacial score (nSPS) is 21.2. The van der Waals surface area contributed by atoms with E-state index in [9.17, 15) is 8.42 Å². The molecular weight excluding hydrogens is 344 g/mol. The maximum absolute atomic E-state index is 11.5. The number of benzene rings is 1. The van der Waals surface area contributed by atoms with E-state index >= 15 is 0 Å². The lowest BCUT2D eigenvalue weighted by molar-refractivity contribution is 0.0275. The van der Waals surface area contributed by atoms with E-state index in [-0.39, 0.29) is 12.0 Å². The standard InChI is InChI=1S/C17H22N2O5S/c1-12-18-16(11-23-12)13-3-5-15(6-4-13)24-9-14-7-8-22-10-17(14)19-25(2,20)21/h3-6,11,14,17,19H,7-10H2,1-2H3/t14-,17+/m1/s1. The zero-order valence-electron chi connectivity index (χ0n) is 14.3. The Morgan fingerprint density at radius 1 is 1.32 bits per heavy atom. The fourth-order valence-electron chi connectivity index (χ4n) is 2.81. The van der Waals surface area contributed by atoms with Crippen LogP contribution in [0.3, 0.4) is 0 Å². The van der Waals surface area contributed by atoms with Crippen LogP contribution in [0.25, 0.3) is 11.3 Å². The highest BCUT2D eigenvalue weighted by Crippen LogP contribution is 2.23. The zero-order chi connectivity index (χ0) is 17.9. The predicted octanol–water partition coefficient (Wildman–Crippen LogP) is 1.98. The van der Waals surface area contributed by atoms with Gasteiger partial charge >= 0.3 is 0 Å². The number of hydrogen-bond donors (Lipinski definition) is 1. The fraction of sp³-hybridized carbons (Fsp3) is 0.471. The van der Waals surface area contributed by atoms with Crippen molar-refractivity contribution in [2.45, 2.75) is 19.4 Å². The number of nitrogens with one attached hydrogen (secondary N) is 1. The van der Waals surface area contributed by atoms with Crippen molar-refractivity contribution < 1.29 is 22.3 Å². The van der Waals surface area contributed by atoms with E-state index in [2.05, 4.69) is 9.71 Å². The Kier molecular flexibility index (Phi) is 5.41. The van der Waals surface area contributed by atoms with E-state index in [0.717, 1.165) is 29.7 Å². The molecule has 1 aromatic carbocycles. The number of rotatable bonds is 6. The van der Waals surface area contributed by atoms with Gasteiger partial charge in [-0.05, 0) is 30.7 Å². The second kappa shape index (κ2) is 7.55. The summed E-state index contributed by atoms with van der Waals surface area (Å²) in [6.07, 6.45) is 3.53. The van der Waals surface area contributed by atoms with Crippen LogP contribution in [0.15, 0.2) is 34.9 Å². The number of hydrogen-bond acceptors (Lipinski definition) is 6. The molecule has 0 unspecified atom stereocenters. The van der Waals surface area contributed by atoms with Gasteiger partial charge in [0.15, 0.2) is 5.89 Å². The molecule has 136 valence electrons. The van der Waals surface area contributed by atoms with E-state index < -0.39 is 10.0 Å². The number of ether oxygens (including phenoxy) is 2. The zero-order valence-corrected chi connectivity index (χ0v) is 15.1. The Morgan fingerprint density at radius 3 is 2.72 bits per heavy atom. The molecule has 7 nitrogen and oxygen atoms in total. The van der Waals surface area contributed by atoms with Gasteiger partial charge < -0.3 is 13.9 Å². The summed E-state index contributed by atoms with van der Waals surface area (Å²) in [6.45, 7) is 3.21. The van der Waals surface area contributed by atoms with Gasteiger partial charge in [-0.25, -0.2) is 18.1 Å². The van der Waals surface area contributed by atoms with E-state index in [4.69, 9.17) is 13.9 Å². The summed E-state index contributed by atoms with van der Waals surface area (Å²) in [6, 6.07) is 7.32. The van der Waals surface area contributed by atoms with E-state index in [1.165, 1.54) is 0 Å². The lowest BCUT2D eigenvalue weighted by atomic mass is 9.97. The summed E-state index contributed by atoms with van der Waals surface area (Å²) in [5.74, 6) is 1.43. The molecule has 1 aliphatic heterocycles. The molecule has 1 saturated heterocycles. The van der Waals surface area contributed by atoms with Crippen LogP contribution >= 0.6 is 0 Å². The van der Waals surface area contributed by atoms with Crippen LogP contribution in [0.5, 0.6) is 5.75 Å². The minimum atomic E-state index is -3.28. The highest BCUT2D eigenvalue weighted by molar-refractivity contribution is 7.88. The number of oxazole rings is 1. The van der Waals surface area contributed by atoms with E-state index in [1.54, 1.807) is 13.2 Å². The molecule has 0 bridgehead atoms. The van der Waals surface area contributed by atoms with Crippen LogP contribution in [0, 0.1) is 12.8 Å². The van der Waals surface area contributed by atoms with Crippen molar-refractivity contribution >= 4 is 10.0 Å². The van der Waals surface area contributed by atoms with Gasteiger partial charge in [-0.3, -0.25) is 0 Å². The molecule has 1 aliphatic rings. The molecule has 3 rings (SSSR count). The average Bonchev–Trinajstić information content (AvgIpc) is 3.00. The van der Waals surface area contributed by atoms with Gasteiger partial charge in [0, 0.05) is 25.0 Å². The minimum Gasteiger partial charge on any atom is -0.493 e. The Balaban J connectivity index is 1.60. The minimum absolute atomic E-state index is 0.0707. The Bertz CT molecular complexity index is 801. The van der Waals surface area contributed by atoms with Gasteiger partial charge in [-0.1, -0.05) is 0 Å². The van der Waals surface area contributed by atoms with Gasteiger partial charge in [-0.15, -0.1) is 0 Å². The van der Waals surface area contributed by atoms with Crippen LogP contribution in [0.2, 0.25) is 0 Å². The molecule has 8 heteroatoms. The van der Waals surface area contributed by atoms with Crippen molar-refractivity contribution in [3.63, 3.8) is 0 Å². The topological polar surface area (TPSA) is 90.7 Å². The number of aromatic nitrogens is 1. The van der Waals surface area contributed by atoms with Crippen LogP contribution in [0.1, 0.15) is 12.3 Å². The molecule has 2 heterocycles. The van der Waals surface area contributed by atoms with Crippen molar-refractivity contribution in [2.24, 2.45) is 5.92 Å². The smallest absolute Gasteiger partial charge is 0.209 e. The molecule has 0 saturated carbocycles. The monoisotopic (exact) mass is 366 g/mol. The predicted molar refractivity (Wildman–Crippen MR) is 92.9 cm³/mol. The molecule has 1 N–H and O–H groups in total. The van der Waals surface area contributed by atoms with Crippen molar-refractivity contribution in [1.29, 1.82) is 0 Å². The van der Waals surface area contributed by atoms with Crippen molar-refractivity contribution in [1.82, 2.24) is 9.71 Å². The second-order valence-electron chi connectivity index (χ2n) is 6.21. The average molecular weight is 366 g/mol. The van der Waals surface area contributed by atoms with Crippen LogP contribution in [-0.2, 0) is 14.8 Å². The van der Waals surface area contributed by atoms with Gasteiger partial charge in [0.1, 0.15) is 17.7 Å². The maximum Gasteiger partial charge on any atom is 0.209 e. The second-order valence-corrected chi connectivity index (χ2v) is 7.99. The lowest BCUT2D eigenvalue weighted by Crippen LogP contribution is -2.48. The first kappa shape index (κ1) is 17.9. The van der Waals surface area contributed by atoms with Gasteiger partial charge in [-0.2, -0.15) is 0 Å². The maximum atomic E-state index is 11.5. The molecule has 0 aliphatic carbocycles. The molecule has 0 radical (unpaired) electrons. The molecule has 0 spiro atoms. The first-order valence-electron chi connectivity index (χ1n) is 8.11. The van der Waals surface area contributed by atoms with Crippen molar-refractivity contribution in [2.75, 3.05) is 26.1 Å². The Morgan fingerprint density at radius 2 is 2.08 bits per heavy atom. The molecular formula is C17H22N2O5S. The molecule has 25 heavy (non-hydrogen) atoms.